The summed E-state index contributed by atoms with van der Waals surface area (Å²) in [5.41, 5.74) is 5.53. The third-order valence-corrected chi connectivity index (χ3v) is 15.6. The molecule has 0 unspecified atom stereocenters. The van der Waals surface area contributed by atoms with Crippen molar-refractivity contribution in [3.8, 4) is 0 Å². The molecular weight excluding hydrogens is 1130 g/mol. The van der Waals surface area contributed by atoms with Gasteiger partial charge in [-0.1, -0.05) is 0 Å². The van der Waals surface area contributed by atoms with Crippen molar-refractivity contribution in [2.24, 2.45) is 5.73 Å². The Kier molecular flexibility index (Phi) is 23.7. The van der Waals surface area contributed by atoms with Crippen molar-refractivity contribution in [2.45, 2.75) is 215 Å². The first-order valence-electron chi connectivity index (χ1n) is 26.6. The Labute approximate surface area is 465 Å². The van der Waals surface area contributed by atoms with Crippen LogP contribution in [-0.4, -0.2) is 383 Å². The van der Waals surface area contributed by atoms with E-state index in [1.807, 2.05) is 0 Å². The molecule has 21 rings (SSSR count). The first kappa shape index (κ1) is 66.5. The van der Waals surface area contributed by atoms with Crippen molar-refractivity contribution in [1.82, 2.24) is 10.6 Å². The second-order valence-corrected chi connectivity index (χ2v) is 20.9. The molecule has 478 valence electrons. The summed E-state index contributed by atoms with van der Waals surface area (Å²) in [5.74, 6) is 0. The van der Waals surface area contributed by atoms with E-state index >= 15 is 0 Å². The molecule has 82 heavy (non-hydrogen) atoms. The molecule has 35 atom stereocenters. The van der Waals surface area contributed by atoms with E-state index in [4.69, 9.17) is 72.0 Å². The molecule has 0 aliphatic carbocycles. The zero-order valence-corrected chi connectivity index (χ0v) is 43.5. The van der Waals surface area contributed by atoms with E-state index in [-0.39, 0.29) is 19.8 Å². The van der Waals surface area contributed by atoms with Crippen molar-refractivity contribution in [3.63, 3.8) is 0 Å². The van der Waals surface area contributed by atoms with Gasteiger partial charge in [-0.2, -0.15) is 0 Å². The molecule has 0 saturated carbocycles. The average Bonchev–Trinajstić information content (AvgIpc) is 2.82. The van der Waals surface area contributed by atoms with Gasteiger partial charge in [0.15, 0.2) is 44.0 Å². The van der Waals surface area contributed by atoms with E-state index in [2.05, 4.69) is 10.6 Å². The number of nitrogens with one attached hydrogen (secondary N) is 2. The Bertz CT molecular complexity index is 1920. The number of ether oxygens (including phenoxy) is 14. The van der Waals surface area contributed by atoms with Crippen LogP contribution in [0.3, 0.4) is 0 Å². The third-order valence-electron chi connectivity index (χ3n) is 15.6. The van der Waals surface area contributed by atoms with Crippen LogP contribution in [-0.2, 0) is 66.3 Å². The molecule has 24 N–H and O–H groups in total. The van der Waals surface area contributed by atoms with Gasteiger partial charge >= 0.3 is 0 Å². The summed E-state index contributed by atoms with van der Waals surface area (Å²) in [5, 5.41) is 228. The van der Waals surface area contributed by atoms with E-state index in [0.717, 1.165) is 0 Å². The molecule has 0 aromatic heterocycles. The topological polar surface area (TPSA) is 584 Å². The molecule has 0 aromatic rings. The van der Waals surface area contributed by atoms with Gasteiger partial charge in [-0.3, -0.25) is 0 Å². The molecule has 0 aromatic carbocycles. The monoisotopic (exact) mass is 1210 g/mol. The number of hydrogen-bond donors (Lipinski definition) is 23. The summed E-state index contributed by atoms with van der Waals surface area (Å²) in [6.07, 6.45) is -69.2. The zero-order valence-electron chi connectivity index (χ0n) is 43.5. The Balaban J connectivity index is 1.09. The predicted molar refractivity (Wildman–Crippen MR) is 251 cm³/mol. The molecule has 21 fully saturated rings. The van der Waals surface area contributed by atoms with Gasteiger partial charge in [0.1, 0.15) is 171 Å². The molecule has 14 bridgehead atoms. The molecule has 21 saturated heterocycles. The maximum Gasteiger partial charge on any atom is 0.187 e. The highest BCUT2D eigenvalue weighted by molar-refractivity contribution is 5.02. The minimum Gasteiger partial charge on any atom is -0.394 e. The minimum absolute atomic E-state index is 0.0922. The van der Waals surface area contributed by atoms with Crippen molar-refractivity contribution in [1.29, 1.82) is 0 Å². The van der Waals surface area contributed by atoms with Crippen molar-refractivity contribution in [2.75, 3.05) is 65.9 Å². The lowest BCUT2D eigenvalue weighted by molar-refractivity contribution is -0.396. The van der Waals surface area contributed by atoms with Crippen LogP contribution in [0.25, 0.3) is 0 Å². The van der Waals surface area contributed by atoms with E-state index in [9.17, 15) is 102 Å². The molecule has 0 radical (unpaired) electrons. The lowest BCUT2D eigenvalue weighted by Gasteiger charge is -2.50. The Morgan fingerprint density at radius 1 is 0.232 bits per heavy atom. The lowest BCUT2D eigenvalue weighted by Crippen LogP contribution is -2.68. The smallest absolute Gasteiger partial charge is 0.187 e. The molecule has 37 heteroatoms. The van der Waals surface area contributed by atoms with E-state index in [1.54, 1.807) is 0 Å². The van der Waals surface area contributed by atoms with Crippen molar-refractivity contribution < 1.29 is 168 Å². The molecule has 37 nitrogen and oxygen atoms in total. The molecular formula is C45H79N3O34. The number of aliphatic hydroxyl groups excluding tert-OH is 20. The van der Waals surface area contributed by atoms with Crippen LogP contribution in [0.1, 0.15) is 0 Å². The molecule has 21 aliphatic heterocycles. The summed E-state index contributed by atoms with van der Waals surface area (Å²) in [4.78, 5) is 0. The quantitative estimate of drug-likeness (QED) is 0.0637. The largest absolute Gasteiger partial charge is 0.394 e. The van der Waals surface area contributed by atoms with Gasteiger partial charge in [-0.25, -0.2) is 0 Å². The van der Waals surface area contributed by atoms with E-state index in [0.29, 0.717) is 6.54 Å². The van der Waals surface area contributed by atoms with Crippen molar-refractivity contribution >= 4 is 0 Å². The fraction of sp³-hybridized carbons (Fsp3) is 1.00. The third kappa shape index (κ3) is 13.7. The summed E-state index contributed by atoms with van der Waals surface area (Å²) >= 11 is 0. The van der Waals surface area contributed by atoms with Crippen LogP contribution in [0.15, 0.2) is 0 Å². The van der Waals surface area contributed by atoms with E-state index < -0.39 is 255 Å². The van der Waals surface area contributed by atoms with Crippen LogP contribution >= 0.6 is 0 Å². The second-order valence-electron chi connectivity index (χ2n) is 20.9. The molecule has 0 spiro atoms. The summed E-state index contributed by atoms with van der Waals surface area (Å²) < 4.78 is 81.0. The van der Waals surface area contributed by atoms with Crippen LogP contribution in [0.2, 0.25) is 0 Å². The van der Waals surface area contributed by atoms with Gasteiger partial charge in [-0.05, 0) is 0 Å². The highest BCUT2D eigenvalue weighted by atomic mass is 16.8. The van der Waals surface area contributed by atoms with Crippen molar-refractivity contribution in [3.05, 3.63) is 0 Å². The Hall–Kier alpha value is -1.48. The number of hydrogen-bond acceptors (Lipinski definition) is 37. The number of rotatable bonds is 12. The van der Waals surface area contributed by atoms with E-state index in [1.165, 1.54) is 0 Å². The SMILES string of the molecule is NCNCCNC[C@H]1O[C@@H]2O[C@H]3[C@H](O)[C@@H](O)[C@@H](O[C@H]4[C@H](O)[C@@H](O)[C@@H](O[C@H]5[C@H](O)[C@@H](O)[C@@H](O[C@H]6[C@H](O)[C@@H](O)[C@@H](O[C@H]7[C@H](O)[C@@H](O)[C@@H](O[C@H]8[C@H](O)[C@@H](O)[C@@H](O[C@H]1[C@H](O)[C@H]2O)O[C@@H]8CO)O[C@@H]7CO)O[C@@H]6CO)O[C@@H]5CO)O[C@@H]4CO)O[C@@H]3CO. The summed E-state index contributed by atoms with van der Waals surface area (Å²) in [6, 6.07) is 0. The number of nitrogens with two attached hydrogens (primary N) is 1. The maximum atomic E-state index is 11.7. The second kappa shape index (κ2) is 29.2. The van der Waals surface area contributed by atoms with Gasteiger partial charge in [0.25, 0.3) is 0 Å². The summed E-state index contributed by atoms with van der Waals surface area (Å²) in [6.45, 7) is -5.90. The first-order chi connectivity index (χ1) is 39.2. The zero-order chi connectivity index (χ0) is 59.6. The molecule has 21 aliphatic rings. The van der Waals surface area contributed by atoms with Gasteiger partial charge < -0.3 is 185 Å². The normalized spacial score (nSPS) is 52.7. The van der Waals surface area contributed by atoms with Gasteiger partial charge in [0, 0.05) is 26.3 Å². The van der Waals surface area contributed by atoms with Crippen LogP contribution in [0.4, 0.5) is 0 Å². The van der Waals surface area contributed by atoms with Gasteiger partial charge in [-0.15, -0.1) is 0 Å². The standard InChI is InChI=1S/C45H79N3O34/c46-10-48-2-1-47-3-11-32-18(55)25(62)39(69-11)77-33-12(4-49)71-41(27(64)20(33)57)79-35-14(6-51)73-43(29(66)22(35)59)81-37-16(8-53)75-45(31(68)24(37)61)82-38-17(9-54)74-44(30(67)23(38)60)80-36-15(7-52)72-42(28(65)21(36)58)78-34-13(5-50)70-40(76-32)26(63)19(34)56/h11-45,47-68H,1-10,46H2/t11-,12-,13-,14-,15-,16-,17-,18-,19-,20-,21-,22-,23-,24-,25-,26-,27-,28-,29-,30-,31-,32-,33-,34-,35-,36-,37-,38-,39-,40-,41-,42-,43-,44-,45-/m1/s1. The number of aliphatic hydroxyl groups is 20. The molecule has 0 amide bonds. The minimum atomic E-state index is -2.21. The predicted octanol–water partition coefficient (Wildman–Crippen LogP) is -16.1. The lowest BCUT2D eigenvalue weighted by atomic mass is 9.95. The first-order valence-corrected chi connectivity index (χ1v) is 26.6. The van der Waals surface area contributed by atoms with Gasteiger partial charge in [0.2, 0.25) is 0 Å². The Morgan fingerprint density at radius 3 is 0.585 bits per heavy atom. The average molecular weight is 1210 g/mol. The molecule has 21 heterocycles. The van der Waals surface area contributed by atoms with Crippen LogP contribution in [0.5, 0.6) is 0 Å². The van der Waals surface area contributed by atoms with Gasteiger partial charge in [0.05, 0.1) is 39.6 Å². The fourth-order valence-electron chi connectivity index (χ4n) is 11.0. The highest BCUT2D eigenvalue weighted by Crippen LogP contribution is 2.39. The fourth-order valence-corrected chi connectivity index (χ4v) is 11.0. The Morgan fingerprint density at radius 2 is 0.402 bits per heavy atom. The summed E-state index contributed by atoms with van der Waals surface area (Å²) in [7, 11) is 0. The van der Waals surface area contributed by atoms with Crippen LogP contribution in [0, 0.1) is 0 Å². The van der Waals surface area contributed by atoms with Crippen LogP contribution < -0.4 is 16.4 Å². The highest BCUT2D eigenvalue weighted by Gasteiger charge is 2.59. The maximum absolute atomic E-state index is 11.7.